The molecule has 0 aliphatic heterocycles. The molecule has 7 heteroatoms. The van der Waals surface area contributed by atoms with Gasteiger partial charge in [-0.25, -0.2) is 9.13 Å². The van der Waals surface area contributed by atoms with Crippen LogP contribution in [0.15, 0.2) is 18.7 Å². The fourth-order valence-corrected chi connectivity index (χ4v) is 3.01. The number of aryl methyl sites for hydroxylation is 2. The van der Waals surface area contributed by atoms with Gasteiger partial charge in [-0.1, -0.05) is 11.8 Å². The SMILES string of the molecule is CCOP(=S)([S-])OCC.CCn1cc[n+](C)c1. The van der Waals surface area contributed by atoms with Crippen LogP contribution in [0.25, 0.3) is 0 Å². The van der Waals surface area contributed by atoms with Crippen LogP contribution < -0.4 is 4.57 Å². The molecule has 1 aromatic heterocycles. The van der Waals surface area contributed by atoms with Gasteiger partial charge in [-0.3, -0.25) is 0 Å². The van der Waals surface area contributed by atoms with Gasteiger partial charge in [0.15, 0.2) is 0 Å². The van der Waals surface area contributed by atoms with Gasteiger partial charge in [0.05, 0.1) is 19.3 Å². The van der Waals surface area contributed by atoms with Crippen molar-refractivity contribution < 1.29 is 13.6 Å². The van der Waals surface area contributed by atoms with Crippen molar-refractivity contribution in [2.75, 3.05) is 13.2 Å². The summed E-state index contributed by atoms with van der Waals surface area (Å²) in [5.41, 5.74) is -2.28. The minimum Gasteiger partial charge on any atom is -0.691 e. The van der Waals surface area contributed by atoms with Gasteiger partial charge < -0.3 is 21.3 Å². The third kappa shape index (κ3) is 8.80. The minimum atomic E-state index is -2.28. The van der Waals surface area contributed by atoms with Gasteiger partial charge in [0.2, 0.25) is 6.33 Å². The Morgan fingerprint density at radius 2 is 1.82 bits per heavy atom. The van der Waals surface area contributed by atoms with E-state index in [1.54, 1.807) is 0 Å². The maximum Gasteiger partial charge on any atom is 0.243 e. The second kappa shape index (κ2) is 9.11. The smallest absolute Gasteiger partial charge is 0.243 e. The van der Waals surface area contributed by atoms with Gasteiger partial charge in [-0.15, -0.1) is 0 Å². The van der Waals surface area contributed by atoms with Gasteiger partial charge in [0, 0.05) is 13.2 Å². The number of nitrogens with zero attached hydrogens (tertiary/aromatic N) is 2. The molecule has 0 amide bonds. The van der Waals surface area contributed by atoms with E-state index in [9.17, 15) is 0 Å². The number of hydrogen-bond acceptors (Lipinski definition) is 4. The third-order valence-electron chi connectivity index (χ3n) is 1.76. The van der Waals surface area contributed by atoms with E-state index in [4.69, 9.17) is 33.1 Å². The lowest BCUT2D eigenvalue weighted by molar-refractivity contribution is -0.671. The van der Waals surface area contributed by atoms with Crippen molar-refractivity contribution in [2.45, 2.75) is 27.3 Å². The van der Waals surface area contributed by atoms with E-state index in [0.717, 1.165) is 6.54 Å². The van der Waals surface area contributed by atoms with E-state index in [2.05, 4.69) is 24.0 Å². The minimum absolute atomic E-state index is 0.542. The summed E-state index contributed by atoms with van der Waals surface area (Å²) in [7, 11) is 2.02. The Morgan fingerprint density at radius 1 is 1.29 bits per heavy atom. The van der Waals surface area contributed by atoms with Crippen molar-refractivity contribution >= 4 is 29.7 Å². The second-order valence-electron chi connectivity index (χ2n) is 3.19. The van der Waals surface area contributed by atoms with Crippen LogP contribution in [0.2, 0.25) is 0 Å². The van der Waals surface area contributed by atoms with E-state index in [1.165, 1.54) is 0 Å². The van der Waals surface area contributed by atoms with Crippen LogP contribution in [-0.2, 0) is 46.7 Å². The standard InChI is InChI=1S/C6H11N2.C4H11O2PS2/c1-3-8-5-4-7(2)6-8;1-3-5-7(8,9)6-4-2/h4-6H,3H2,1-2H3;3-4H2,1-2H3,(H,8,9)/q+1;/p-1. The van der Waals surface area contributed by atoms with Gasteiger partial charge in [0.1, 0.15) is 12.4 Å². The molecule has 0 radical (unpaired) electrons. The normalized spacial score (nSPS) is 10.9. The predicted molar refractivity (Wildman–Crippen MR) is 76.2 cm³/mol. The predicted octanol–water partition coefficient (Wildman–Crippen LogP) is 2.16. The average molecular weight is 296 g/mol. The monoisotopic (exact) mass is 296 g/mol. The molecule has 1 rings (SSSR count). The Balaban J connectivity index is 0.000000302. The zero-order valence-corrected chi connectivity index (χ0v) is 13.4. The summed E-state index contributed by atoms with van der Waals surface area (Å²) >= 11 is 9.65. The van der Waals surface area contributed by atoms with Crippen LogP contribution in [-0.4, -0.2) is 17.8 Å². The Hall–Kier alpha value is 0.130. The van der Waals surface area contributed by atoms with Crippen molar-refractivity contribution in [1.29, 1.82) is 0 Å². The molecule has 1 aromatic rings. The third-order valence-corrected chi connectivity index (χ3v) is 4.18. The van der Waals surface area contributed by atoms with E-state index >= 15 is 0 Å². The summed E-state index contributed by atoms with van der Waals surface area (Å²) in [6.45, 7) is 7.97. The average Bonchev–Trinajstić information content (AvgIpc) is 2.65. The summed E-state index contributed by atoms with van der Waals surface area (Å²) in [5.74, 6) is 0. The molecule has 0 bridgehead atoms. The molecule has 100 valence electrons. The topological polar surface area (TPSA) is 27.3 Å². The maximum atomic E-state index is 4.99. The maximum absolute atomic E-state index is 4.99. The lowest BCUT2D eigenvalue weighted by atomic mass is 10.7. The molecule has 1 heterocycles. The zero-order chi connectivity index (χ0) is 13.3. The number of hydrogen-bond donors (Lipinski definition) is 0. The molecular formula is C10H21N2O2PS2. The van der Waals surface area contributed by atoms with E-state index in [-0.39, 0.29) is 0 Å². The first kappa shape index (κ1) is 17.1. The lowest BCUT2D eigenvalue weighted by Crippen LogP contribution is -2.23. The van der Waals surface area contributed by atoms with E-state index < -0.39 is 5.69 Å². The van der Waals surface area contributed by atoms with Gasteiger partial charge in [0.25, 0.3) is 0 Å². The molecular weight excluding hydrogens is 275 g/mol. The Kier molecular flexibility index (Phi) is 9.18. The zero-order valence-electron chi connectivity index (χ0n) is 10.8. The molecule has 0 N–H and O–H groups in total. The van der Waals surface area contributed by atoms with Crippen LogP contribution in [0.1, 0.15) is 20.8 Å². The first-order chi connectivity index (χ1) is 7.95. The van der Waals surface area contributed by atoms with Crippen LogP contribution in [0.5, 0.6) is 0 Å². The molecule has 4 nitrogen and oxygen atoms in total. The van der Waals surface area contributed by atoms with E-state index in [0.29, 0.717) is 13.2 Å². The van der Waals surface area contributed by atoms with Crippen molar-refractivity contribution in [1.82, 2.24) is 4.57 Å². The molecule has 0 unspecified atom stereocenters. The Labute approximate surface area is 114 Å². The summed E-state index contributed by atoms with van der Waals surface area (Å²) < 4.78 is 14.1. The molecule has 0 saturated carbocycles. The highest BCUT2D eigenvalue weighted by molar-refractivity contribution is 8.51. The first-order valence-electron chi connectivity index (χ1n) is 5.56. The summed E-state index contributed by atoms with van der Waals surface area (Å²) in [6.07, 6.45) is 6.14. The van der Waals surface area contributed by atoms with Crippen molar-refractivity contribution in [2.24, 2.45) is 7.05 Å². The molecule has 0 aromatic carbocycles. The van der Waals surface area contributed by atoms with Crippen LogP contribution in [0.4, 0.5) is 0 Å². The quantitative estimate of drug-likeness (QED) is 0.473. The molecule has 17 heavy (non-hydrogen) atoms. The molecule has 0 aliphatic rings. The fraction of sp³-hybridized carbons (Fsp3) is 0.700. The fourth-order valence-electron chi connectivity index (χ4n) is 1.04. The Morgan fingerprint density at radius 3 is 2.06 bits per heavy atom. The van der Waals surface area contributed by atoms with Crippen molar-refractivity contribution in [3.05, 3.63) is 18.7 Å². The number of rotatable bonds is 5. The number of aromatic nitrogens is 2. The van der Waals surface area contributed by atoms with Crippen LogP contribution >= 0.6 is 5.69 Å². The van der Waals surface area contributed by atoms with Gasteiger partial charge in [-0.2, -0.15) is 0 Å². The lowest BCUT2D eigenvalue weighted by Gasteiger charge is -2.26. The summed E-state index contributed by atoms with van der Waals surface area (Å²) in [4.78, 5) is 0. The van der Waals surface area contributed by atoms with Gasteiger partial charge >= 0.3 is 0 Å². The number of imidazole rings is 1. The second-order valence-corrected chi connectivity index (χ2v) is 8.18. The molecule has 0 atom stereocenters. The first-order valence-corrected chi connectivity index (χ1v) is 9.21. The highest BCUT2D eigenvalue weighted by Crippen LogP contribution is 2.45. The molecule has 0 aliphatic carbocycles. The summed E-state index contributed by atoms with van der Waals surface area (Å²) in [6, 6.07) is 0. The Bertz CT molecular complexity index is 348. The van der Waals surface area contributed by atoms with Crippen LogP contribution in [0, 0.1) is 0 Å². The van der Waals surface area contributed by atoms with Gasteiger partial charge in [-0.05, 0) is 20.8 Å². The molecule has 0 spiro atoms. The molecule has 0 fully saturated rings. The van der Waals surface area contributed by atoms with Crippen molar-refractivity contribution in [3.63, 3.8) is 0 Å². The van der Waals surface area contributed by atoms with Crippen LogP contribution in [0.3, 0.4) is 0 Å². The highest BCUT2D eigenvalue weighted by atomic mass is 32.9. The summed E-state index contributed by atoms with van der Waals surface area (Å²) in [5, 5.41) is 0. The van der Waals surface area contributed by atoms with Crippen molar-refractivity contribution in [3.8, 4) is 0 Å². The highest BCUT2D eigenvalue weighted by Gasteiger charge is 1.95. The van der Waals surface area contributed by atoms with E-state index in [1.807, 2.05) is 31.7 Å². The largest absolute Gasteiger partial charge is 0.691 e. The molecule has 0 saturated heterocycles.